The quantitative estimate of drug-likeness (QED) is 0.773. The predicted octanol–water partition coefficient (Wildman–Crippen LogP) is 1.27. The number of methoxy groups -OCH3 is 1. The van der Waals surface area contributed by atoms with Crippen molar-refractivity contribution in [2.45, 2.75) is 25.5 Å². The first-order valence-electron chi connectivity index (χ1n) is 6.13. The van der Waals surface area contributed by atoms with Gasteiger partial charge in [-0.3, -0.25) is 4.90 Å². The average Bonchev–Trinajstić information content (AvgIpc) is 3.09. The molecule has 18 heavy (non-hydrogen) atoms. The number of furan rings is 1. The number of hydrogen-bond acceptors (Lipinski definition) is 5. The number of hydrogen-bond donors (Lipinski definition) is 1. The number of carbonyl (C=O) groups is 1. The Morgan fingerprint density at radius 2 is 2.33 bits per heavy atom. The van der Waals surface area contributed by atoms with Gasteiger partial charge < -0.3 is 14.3 Å². The largest absolute Gasteiger partial charge is 0.463 e. The Kier molecular flexibility index (Phi) is 4.04. The summed E-state index contributed by atoms with van der Waals surface area (Å²) in [7, 11) is 3.24. The number of likely N-dealkylation sites (N-methyl/N-ethyl adjacent to an activating group) is 1. The Morgan fingerprint density at radius 3 is 2.94 bits per heavy atom. The second kappa shape index (κ2) is 5.54. The smallest absolute Gasteiger partial charge is 0.373 e. The molecule has 1 aromatic heterocycles. The van der Waals surface area contributed by atoms with Crippen molar-refractivity contribution >= 4 is 5.97 Å². The molecule has 5 heteroatoms. The van der Waals surface area contributed by atoms with Crippen LogP contribution in [0.25, 0.3) is 0 Å². The zero-order chi connectivity index (χ0) is 13.1. The first-order chi connectivity index (χ1) is 8.60. The van der Waals surface area contributed by atoms with Gasteiger partial charge in [0, 0.05) is 6.54 Å². The Hall–Kier alpha value is -1.33. The molecule has 1 atom stereocenters. The van der Waals surface area contributed by atoms with Gasteiger partial charge >= 0.3 is 5.97 Å². The summed E-state index contributed by atoms with van der Waals surface area (Å²) in [6, 6.07) is 3.36. The molecule has 0 spiro atoms. The van der Waals surface area contributed by atoms with Gasteiger partial charge in [0.05, 0.1) is 19.8 Å². The zero-order valence-electron chi connectivity index (χ0n) is 10.8. The first-order valence-corrected chi connectivity index (χ1v) is 6.13. The van der Waals surface area contributed by atoms with Crippen LogP contribution < -0.4 is 0 Å². The van der Waals surface area contributed by atoms with Crippen molar-refractivity contribution < 1.29 is 19.1 Å². The van der Waals surface area contributed by atoms with E-state index < -0.39 is 5.97 Å². The number of rotatable bonds is 6. The molecule has 1 N–H and O–H groups in total. The minimum absolute atomic E-state index is 0.212. The molecule has 2 rings (SSSR count). The van der Waals surface area contributed by atoms with E-state index in [-0.39, 0.29) is 11.9 Å². The highest BCUT2D eigenvalue weighted by molar-refractivity contribution is 5.86. The molecule has 100 valence electrons. The molecule has 0 bridgehead atoms. The van der Waals surface area contributed by atoms with Gasteiger partial charge in [-0.15, -0.1) is 0 Å². The molecular formula is C13H19NO4. The van der Waals surface area contributed by atoms with Gasteiger partial charge in [-0.1, -0.05) is 0 Å². The number of nitrogens with zero attached hydrogens (tertiary/aromatic N) is 1. The van der Waals surface area contributed by atoms with E-state index >= 15 is 0 Å². The third-order valence-corrected chi connectivity index (χ3v) is 3.14. The lowest BCUT2D eigenvalue weighted by molar-refractivity contribution is 0.0559. The second-order valence-corrected chi connectivity index (χ2v) is 4.86. The van der Waals surface area contributed by atoms with Crippen LogP contribution in [0.1, 0.15) is 29.2 Å². The fourth-order valence-electron chi connectivity index (χ4n) is 1.95. The molecule has 5 nitrogen and oxygen atoms in total. The molecule has 1 aromatic rings. The lowest BCUT2D eigenvalue weighted by Gasteiger charge is -2.19. The van der Waals surface area contributed by atoms with Gasteiger partial charge in [-0.25, -0.2) is 4.79 Å². The van der Waals surface area contributed by atoms with Crippen LogP contribution in [0.2, 0.25) is 0 Å². The molecule has 0 aliphatic heterocycles. The molecule has 1 fully saturated rings. The van der Waals surface area contributed by atoms with Gasteiger partial charge in [0.2, 0.25) is 5.76 Å². The third kappa shape index (κ3) is 3.34. The standard InChI is InChI=1S/C13H19NO4/c1-14(8-11(15)9-3-4-9)7-10-5-6-12(18-10)13(16)17-2/h5-6,9,11,15H,3-4,7-8H2,1-2H3. The summed E-state index contributed by atoms with van der Waals surface area (Å²) in [6.45, 7) is 1.19. The van der Waals surface area contributed by atoms with Crippen molar-refractivity contribution in [3.8, 4) is 0 Å². The van der Waals surface area contributed by atoms with E-state index in [9.17, 15) is 9.90 Å². The zero-order valence-corrected chi connectivity index (χ0v) is 10.8. The predicted molar refractivity (Wildman–Crippen MR) is 65.1 cm³/mol. The fraction of sp³-hybridized carbons (Fsp3) is 0.615. The van der Waals surface area contributed by atoms with E-state index in [4.69, 9.17) is 4.42 Å². The molecule has 1 saturated carbocycles. The van der Waals surface area contributed by atoms with Crippen molar-refractivity contribution in [2.24, 2.45) is 5.92 Å². The summed E-state index contributed by atoms with van der Waals surface area (Å²) in [5.41, 5.74) is 0. The second-order valence-electron chi connectivity index (χ2n) is 4.86. The lowest BCUT2D eigenvalue weighted by atomic mass is 10.2. The number of aliphatic hydroxyl groups is 1. The van der Waals surface area contributed by atoms with Gasteiger partial charge in [-0.2, -0.15) is 0 Å². The molecular weight excluding hydrogens is 234 g/mol. The topological polar surface area (TPSA) is 62.9 Å². The third-order valence-electron chi connectivity index (χ3n) is 3.14. The average molecular weight is 253 g/mol. The summed E-state index contributed by atoms with van der Waals surface area (Å²) < 4.78 is 9.94. The van der Waals surface area contributed by atoms with Crippen LogP contribution in [-0.2, 0) is 11.3 Å². The minimum Gasteiger partial charge on any atom is -0.463 e. The first kappa shape index (κ1) is 13.1. The van der Waals surface area contributed by atoms with Gasteiger partial charge in [0.25, 0.3) is 0 Å². The van der Waals surface area contributed by atoms with Crippen LogP contribution in [0.4, 0.5) is 0 Å². The van der Waals surface area contributed by atoms with E-state index in [1.54, 1.807) is 12.1 Å². The van der Waals surface area contributed by atoms with Crippen molar-refractivity contribution in [1.82, 2.24) is 4.90 Å². The Labute approximate surface area is 106 Å². The Bertz CT molecular complexity index is 411. The van der Waals surface area contributed by atoms with E-state index in [1.165, 1.54) is 7.11 Å². The van der Waals surface area contributed by atoms with Crippen LogP contribution >= 0.6 is 0 Å². The highest BCUT2D eigenvalue weighted by Crippen LogP contribution is 2.32. The number of ether oxygens (including phenoxy) is 1. The molecule has 0 aromatic carbocycles. The minimum atomic E-state index is -0.470. The van der Waals surface area contributed by atoms with E-state index in [0.29, 0.717) is 24.8 Å². The normalized spacial score (nSPS) is 16.9. The van der Waals surface area contributed by atoms with Crippen molar-refractivity contribution in [2.75, 3.05) is 20.7 Å². The van der Waals surface area contributed by atoms with Crippen molar-refractivity contribution in [3.63, 3.8) is 0 Å². The van der Waals surface area contributed by atoms with Crippen LogP contribution in [0.5, 0.6) is 0 Å². The maximum absolute atomic E-state index is 11.2. The molecule has 0 saturated heterocycles. The molecule has 1 heterocycles. The molecule has 1 aliphatic rings. The van der Waals surface area contributed by atoms with Gasteiger partial charge in [0.15, 0.2) is 0 Å². The highest BCUT2D eigenvalue weighted by Gasteiger charge is 2.30. The van der Waals surface area contributed by atoms with Crippen LogP contribution in [0.15, 0.2) is 16.5 Å². The van der Waals surface area contributed by atoms with Crippen LogP contribution in [0.3, 0.4) is 0 Å². The van der Waals surface area contributed by atoms with Gasteiger partial charge in [0.1, 0.15) is 5.76 Å². The summed E-state index contributed by atoms with van der Waals surface area (Å²) in [6.07, 6.45) is 2.00. The number of esters is 1. The maximum atomic E-state index is 11.2. The number of carbonyl (C=O) groups excluding carboxylic acids is 1. The SMILES string of the molecule is COC(=O)c1ccc(CN(C)CC(O)C2CC2)o1. The summed E-state index contributed by atoms with van der Waals surface area (Å²) in [5, 5.41) is 9.82. The fourth-order valence-corrected chi connectivity index (χ4v) is 1.95. The Morgan fingerprint density at radius 1 is 1.61 bits per heavy atom. The van der Waals surface area contributed by atoms with Crippen LogP contribution in [-0.4, -0.2) is 42.8 Å². The van der Waals surface area contributed by atoms with E-state index in [1.807, 2.05) is 11.9 Å². The van der Waals surface area contributed by atoms with E-state index in [0.717, 1.165) is 12.8 Å². The van der Waals surface area contributed by atoms with Crippen molar-refractivity contribution in [3.05, 3.63) is 23.7 Å². The van der Waals surface area contributed by atoms with Crippen LogP contribution in [0, 0.1) is 5.92 Å². The summed E-state index contributed by atoms with van der Waals surface area (Å²) >= 11 is 0. The summed E-state index contributed by atoms with van der Waals surface area (Å²) in [4.78, 5) is 13.2. The highest BCUT2D eigenvalue weighted by atomic mass is 16.5. The lowest BCUT2D eigenvalue weighted by Crippen LogP contribution is -2.29. The Balaban J connectivity index is 1.84. The monoisotopic (exact) mass is 253 g/mol. The molecule has 0 radical (unpaired) electrons. The maximum Gasteiger partial charge on any atom is 0.373 e. The van der Waals surface area contributed by atoms with Crippen molar-refractivity contribution in [1.29, 1.82) is 0 Å². The molecule has 1 aliphatic carbocycles. The van der Waals surface area contributed by atoms with Gasteiger partial charge in [-0.05, 0) is 37.9 Å². The number of aliphatic hydroxyl groups excluding tert-OH is 1. The molecule has 1 unspecified atom stereocenters. The summed E-state index contributed by atoms with van der Waals surface area (Å²) in [5.74, 6) is 0.904. The molecule has 0 amide bonds. The van der Waals surface area contributed by atoms with E-state index in [2.05, 4.69) is 4.74 Å².